The Morgan fingerprint density at radius 2 is 1.83 bits per heavy atom. The molecule has 0 heteroatoms. The molecular formula is C18H20. The van der Waals surface area contributed by atoms with Crippen molar-refractivity contribution in [2.75, 3.05) is 0 Å². The van der Waals surface area contributed by atoms with Crippen LogP contribution in [0.4, 0.5) is 0 Å². The predicted molar refractivity (Wildman–Crippen MR) is 78.5 cm³/mol. The average Bonchev–Trinajstić information content (AvgIpc) is 2.50. The Bertz CT molecular complexity index is 580. The Hall–Kier alpha value is -1.56. The van der Waals surface area contributed by atoms with Crippen LogP contribution in [0.2, 0.25) is 0 Å². The van der Waals surface area contributed by atoms with Crippen molar-refractivity contribution in [2.24, 2.45) is 0 Å². The molecule has 0 fully saturated rings. The minimum atomic E-state index is 0.240. The summed E-state index contributed by atoms with van der Waals surface area (Å²) in [7, 11) is 0. The summed E-state index contributed by atoms with van der Waals surface area (Å²) >= 11 is 0. The molecule has 0 saturated carbocycles. The average molecular weight is 236 g/mol. The molecule has 0 unspecified atom stereocenters. The van der Waals surface area contributed by atoms with Crippen LogP contribution in [0, 0.1) is 0 Å². The van der Waals surface area contributed by atoms with Crippen LogP contribution in [0.3, 0.4) is 0 Å². The Morgan fingerprint density at radius 3 is 2.67 bits per heavy atom. The Morgan fingerprint density at radius 1 is 1.06 bits per heavy atom. The number of allylic oxidation sites excluding steroid dienone is 6. The van der Waals surface area contributed by atoms with Gasteiger partial charge in [0.15, 0.2) is 0 Å². The largest absolute Gasteiger partial charge is 0.0778 e. The number of hydrogen-bond donors (Lipinski definition) is 0. The topological polar surface area (TPSA) is 0 Å². The van der Waals surface area contributed by atoms with E-state index in [1.165, 1.54) is 27.8 Å². The Balaban J connectivity index is 2.24. The van der Waals surface area contributed by atoms with Crippen molar-refractivity contribution in [3.05, 3.63) is 64.8 Å². The normalized spacial score (nSPS) is 20.9. The van der Waals surface area contributed by atoms with E-state index in [0.717, 1.165) is 12.8 Å². The van der Waals surface area contributed by atoms with Gasteiger partial charge in [-0.05, 0) is 47.5 Å². The van der Waals surface area contributed by atoms with E-state index in [-0.39, 0.29) is 5.41 Å². The standard InChI is InChI=1S/C18H20/c1-13-7-6-9-15-14(11-13)12-18(2,3)17-10-5-4-8-16(15)17/h4-5,7-11H,6,12H2,1-3H3. The lowest BCUT2D eigenvalue weighted by molar-refractivity contribution is 0.516. The van der Waals surface area contributed by atoms with Gasteiger partial charge in [0.2, 0.25) is 0 Å². The van der Waals surface area contributed by atoms with Crippen LogP contribution in [0.15, 0.2) is 53.6 Å². The van der Waals surface area contributed by atoms with Gasteiger partial charge < -0.3 is 0 Å². The van der Waals surface area contributed by atoms with E-state index in [1.807, 2.05) is 0 Å². The molecule has 0 aliphatic heterocycles. The van der Waals surface area contributed by atoms with Crippen LogP contribution in [0.25, 0.3) is 5.57 Å². The molecule has 0 nitrogen and oxygen atoms in total. The first-order valence-corrected chi connectivity index (χ1v) is 6.76. The summed E-state index contributed by atoms with van der Waals surface area (Å²) in [6.07, 6.45) is 9.26. The highest BCUT2D eigenvalue weighted by Crippen LogP contribution is 2.46. The fourth-order valence-electron chi connectivity index (χ4n) is 3.21. The Kier molecular flexibility index (Phi) is 2.55. The quantitative estimate of drug-likeness (QED) is 0.593. The molecule has 0 radical (unpaired) electrons. The molecule has 0 saturated heterocycles. The van der Waals surface area contributed by atoms with Gasteiger partial charge in [0, 0.05) is 0 Å². The molecule has 0 amide bonds. The zero-order chi connectivity index (χ0) is 12.8. The van der Waals surface area contributed by atoms with Gasteiger partial charge >= 0.3 is 0 Å². The summed E-state index contributed by atoms with van der Waals surface area (Å²) in [5.74, 6) is 0. The third-order valence-electron chi connectivity index (χ3n) is 4.09. The van der Waals surface area contributed by atoms with Crippen molar-refractivity contribution in [1.29, 1.82) is 0 Å². The predicted octanol–water partition coefficient (Wildman–Crippen LogP) is 5.03. The maximum Gasteiger partial charge on any atom is -0.00568 e. The van der Waals surface area contributed by atoms with Gasteiger partial charge in [-0.1, -0.05) is 61.9 Å². The van der Waals surface area contributed by atoms with Crippen molar-refractivity contribution in [2.45, 2.75) is 39.0 Å². The fraction of sp³-hybridized carbons (Fsp3) is 0.333. The number of rotatable bonds is 0. The molecule has 0 N–H and O–H groups in total. The highest BCUT2D eigenvalue weighted by atomic mass is 14.4. The van der Waals surface area contributed by atoms with Crippen LogP contribution < -0.4 is 0 Å². The van der Waals surface area contributed by atoms with E-state index in [1.54, 1.807) is 0 Å². The number of benzene rings is 1. The zero-order valence-corrected chi connectivity index (χ0v) is 11.5. The molecule has 2 aliphatic carbocycles. The third-order valence-corrected chi connectivity index (χ3v) is 4.09. The summed E-state index contributed by atoms with van der Waals surface area (Å²) in [6, 6.07) is 8.88. The molecule has 2 aliphatic rings. The molecule has 0 spiro atoms. The van der Waals surface area contributed by atoms with Gasteiger partial charge in [0.1, 0.15) is 0 Å². The summed E-state index contributed by atoms with van der Waals surface area (Å²) in [4.78, 5) is 0. The second-order valence-corrected chi connectivity index (χ2v) is 6.08. The van der Waals surface area contributed by atoms with Gasteiger partial charge in [0.25, 0.3) is 0 Å². The minimum Gasteiger partial charge on any atom is -0.0778 e. The molecule has 1 aromatic rings. The van der Waals surface area contributed by atoms with Crippen molar-refractivity contribution in [3.8, 4) is 0 Å². The first-order chi connectivity index (χ1) is 8.58. The number of fused-ring (bicyclic) bond motifs is 3. The maximum absolute atomic E-state index is 2.39. The van der Waals surface area contributed by atoms with Crippen LogP contribution >= 0.6 is 0 Å². The van der Waals surface area contributed by atoms with Crippen LogP contribution in [-0.4, -0.2) is 0 Å². The van der Waals surface area contributed by atoms with Gasteiger partial charge in [-0.15, -0.1) is 0 Å². The summed E-state index contributed by atoms with van der Waals surface area (Å²) in [5, 5.41) is 0. The molecule has 18 heavy (non-hydrogen) atoms. The van der Waals surface area contributed by atoms with Crippen molar-refractivity contribution >= 4 is 5.57 Å². The van der Waals surface area contributed by atoms with Gasteiger partial charge in [-0.3, -0.25) is 0 Å². The molecular weight excluding hydrogens is 216 g/mol. The molecule has 0 aromatic heterocycles. The van der Waals surface area contributed by atoms with Crippen molar-refractivity contribution in [3.63, 3.8) is 0 Å². The van der Waals surface area contributed by atoms with Gasteiger partial charge in [-0.2, -0.15) is 0 Å². The summed E-state index contributed by atoms with van der Waals surface area (Å²) in [6.45, 7) is 6.91. The highest BCUT2D eigenvalue weighted by molar-refractivity contribution is 5.85. The van der Waals surface area contributed by atoms with E-state index in [0.29, 0.717) is 0 Å². The minimum absolute atomic E-state index is 0.240. The van der Waals surface area contributed by atoms with Gasteiger partial charge in [-0.25, -0.2) is 0 Å². The van der Waals surface area contributed by atoms with Crippen molar-refractivity contribution < 1.29 is 0 Å². The van der Waals surface area contributed by atoms with E-state index >= 15 is 0 Å². The van der Waals surface area contributed by atoms with Crippen LogP contribution in [0.1, 0.15) is 44.7 Å². The lowest BCUT2D eigenvalue weighted by atomic mass is 9.68. The van der Waals surface area contributed by atoms with E-state index < -0.39 is 0 Å². The maximum atomic E-state index is 2.39. The first-order valence-electron chi connectivity index (χ1n) is 6.76. The smallest absolute Gasteiger partial charge is 0.00568 e. The Labute approximate surface area is 110 Å². The van der Waals surface area contributed by atoms with Crippen LogP contribution in [0.5, 0.6) is 0 Å². The third kappa shape index (κ3) is 1.77. The summed E-state index contributed by atoms with van der Waals surface area (Å²) < 4.78 is 0. The van der Waals surface area contributed by atoms with E-state index in [9.17, 15) is 0 Å². The molecule has 0 atom stereocenters. The SMILES string of the molecule is CC1=CCC=C2C(=C1)CC(C)(C)c1ccccc12. The molecule has 1 aromatic carbocycles. The van der Waals surface area contributed by atoms with Crippen molar-refractivity contribution in [1.82, 2.24) is 0 Å². The highest BCUT2D eigenvalue weighted by Gasteiger charge is 2.32. The zero-order valence-electron chi connectivity index (χ0n) is 11.5. The van der Waals surface area contributed by atoms with Gasteiger partial charge in [0.05, 0.1) is 0 Å². The lowest BCUT2D eigenvalue weighted by Crippen LogP contribution is -2.24. The monoisotopic (exact) mass is 236 g/mol. The molecule has 3 rings (SSSR count). The summed E-state index contributed by atoms with van der Waals surface area (Å²) in [5.41, 5.74) is 7.52. The molecule has 92 valence electrons. The lowest BCUT2D eigenvalue weighted by Gasteiger charge is -2.35. The second kappa shape index (κ2) is 3.98. The van der Waals surface area contributed by atoms with Crippen LogP contribution in [-0.2, 0) is 5.41 Å². The molecule has 0 heterocycles. The first kappa shape index (κ1) is 11.5. The molecule has 0 bridgehead atoms. The fourth-order valence-corrected chi connectivity index (χ4v) is 3.21. The second-order valence-electron chi connectivity index (χ2n) is 6.08. The van der Waals surface area contributed by atoms with E-state index in [2.05, 4.69) is 63.3 Å². The number of hydrogen-bond acceptors (Lipinski definition) is 0. The van der Waals surface area contributed by atoms with E-state index in [4.69, 9.17) is 0 Å².